The number of nitrogens with zero attached hydrogens (tertiary/aromatic N) is 4. The van der Waals surface area contributed by atoms with Crippen LogP contribution in [0.1, 0.15) is 47.0 Å². The van der Waals surface area contributed by atoms with Crippen LogP contribution in [0.2, 0.25) is 0 Å². The summed E-state index contributed by atoms with van der Waals surface area (Å²) in [6, 6.07) is -2.49. The average molecular weight is 532 g/mol. The van der Waals surface area contributed by atoms with Gasteiger partial charge >= 0.3 is 5.97 Å². The van der Waals surface area contributed by atoms with Gasteiger partial charge in [-0.1, -0.05) is 20.8 Å². The van der Waals surface area contributed by atoms with Crippen LogP contribution in [-0.2, 0) is 24.0 Å². The van der Waals surface area contributed by atoms with Crippen LogP contribution >= 0.6 is 0 Å². The van der Waals surface area contributed by atoms with Gasteiger partial charge in [0.25, 0.3) is 5.91 Å². The lowest BCUT2D eigenvalue weighted by Crippen LogP contribution is -2.60. The number of hydrogen-bond donors (Lipinski definition) is 4. The van der Waals surface area contributed by atoms with E-state index in [0.29, 0.717) is 26.1 Å². The zero-order valence-corrected chi connectivity index (χ0v) is 22.3. The molecule has 0 radical (unpaired) electrons. The lowest BCUT2D eigenvalue weighted by atomic mass is 9.85. The van der Waals surface area contributed by atoms with Gasteiger partial charge in [-0.05, 0) is 25.2 Å². The molecule has 0 aromatic rings. The molecule has 13 nitrogen and oxygen atoms in total. The van der Waals surface area contributed by atoms with Crippen molar-refractivity contribution in [1.82, 2.24) is 30.7 Å². The number of aliphatic carboxylic acids is 1. The summed E-state index contributed by atoms with van der Waals surface area (Å²) in [6.45, 7) is 8.34. The van der Waals surface area contributed by atoms with Crippen LogP contribution in [0.5, 0.6) is 0 Å². The minimum Gasteiger partial charge on any atom is -0.480 e. The predicted octanol–water partition coefficient (Wildman–Crippen LogP) is -1.14. The maximum absolute atomic E-state index is 13.9. The van der Waals surface area contributed by atoms with Gasteiger partial charge < -0.3 is 30.9 Å². The van der Waals surface area contributed by atoms with Crippen molar-refractivity contribution in [3.05, 3.63) is 11.9 Å². The van der Waals surface area contributed by atoms with Gasteiger partial charge in [-0.3, -0.25) is 29.1 Å². The smallest absolute Gasteiger partial charge is 0.326 e. The van der Waals surface area contributed by atoms with Crippen LogP contribution in [0.25, 0.3) is 0 Å². The van der Waals surface area contributed by atoms with Crippen molar-refractivity contribution in [3.63, 3.8) is 0 Å². The van der Waals surface area contributed by atoms with Crippen molar-refractivity contribution in [3.8, 4) is 0 Å². The van der Waals surface area contributed by atoms with Gasteiger partial charge in [-0.25, -0.2) is 4.79 Å². The molecule has 1 spiro atoms. The van der Waals surface area contributed by atoms with E-state index in [2.05, 4.69) is 25.8 Å². The minimum absolute atomic E-state index is 0.0203. The highest BCUT2D eigenvalue weighted by molar-refractivity contribution is 5.97. The maximum atomic E-state index is 13.9. The van der Waals surface area contributed by atoms with Crippen LogP contribution in [0.3, 0.4) is 0 Å². The molecule has 0 aromatic carbocycles. The number of carboxylic acids is 1. The first-order valence-corrected chi connectivity index (χ1v) is 13.1. The Kier molecular flexibility index (Phi) is 7.51. The standard InChI is InChI=1S/C25H37N7O6/c1-5-31-21(35)16-7-6-10-32(16)25(31)11-17(23(37)38)30(14-25)22(36)19(24(2,3)4)29-18(33)13-28-20(34)15-12-26-8-9-27-15/h8,12,16-17,19,27H,5-7,9-11,13-14H2,1-4H3,(H,28,34)(H,29,33)(H,37,38). The first-order valence-electron chi connectivity index (χ1n) is 13.1. The fourth-order valence-corrected chi connectivity index (χ4v) is 6.04. The summed E-state index contributed by atoms with van der Waals surface area (Å²) in [6.07, 6.45) is 4.61. The summed E-state index contributed by atoms with van der Waals surface area (Å²) >= 11 is 0. The second-order valence-electron chi connectivity index (χ2n) is 11.2. The number of carbonyl (C=O) groups is 5. The Bertz CT molecular complexity index is 1080. The lowest BCUT2D eigenvalue weighted by molar-refractivity contribution is -0.150. The van der Waals surface area contributed by atoms with E-state index in [-0.39, 0.29) is 37.2 Å². The summed E-state index contributed by atoms with van der Waals surface area (Å²) < 4.78 is 0. The van der Waals surface area contributed by atoms with Gasteiger partial charge in [0, 0.05) is 25.7 Å². The molecule has 4 aliphatic heterocycles. The van der Waals surface area contributed by atoms with E-state index in [9.17, 15) is 29.1 Å². The Hall–Kier alpha value is -3.48. The van der Waals surface area contributed by atoms with E-state index in [1.165, 1.54) is 11.1 Å². The summed E-state index contributed by atoms with van der Waals surface area (Å²) in [7, 11) is 0. The number of aliphatic imine (C=N–C) groups is 1. The third kappa shape index (κ3) is 4.86. The van der Waals surface area contributed by atoms with Crippen molar-refractivity contribution < 1.29 is 29.1 Å². The van der Waals surface area contributed by atoms with E-state index >= 15 is 0 Å². The monoisotopic (exact) mass is 531 g/mol. The topological polar surface area (TPSA) is 164 Å². The molecule has 0 aliphatic carbocycles. The van der Waals surface area contributed by atoms with Gasteiger partial charge in [0.1, 0.15) is 23.4 Å². The number of hydrogen-bond acceptors (Lipinski definition) is 8. The number of likely N-dealkylation sites (N-methyl/N-ethyl adjacent to an activating group) is 1. The van der Waals surface area contributed by atoms with Gasteiger partial charge in [0.15, 0.2) is 0 Å². The summed E-state index contributed by atoms with van der Waals surface area (Å²) in [4.78, 5) is 73.6. The first kappa shape index (κ1) is 27.6. The number of rotatable bonds is 7. The Labute approximate surface area is 221 Å². The van der Waals surface area contributed by atoms with Gasteiger partial charge in [0.05, 0.1) is 31.9 Å². The molecule has 4 N–H and O–H groups in total. The summed E-state index contributed by atoms with van der Waals surface area (Å²) in [5.41, 5.74) is -1.42. The summed E-state index contributed by atoms with van der Waals surface area (Å²) in [5, 5.41) is 18.2. The van der Waals surface area contributed by atoms with Gasteiger partial charge in [-0.2, -0.15) is 0 Å². The van der Waals surface area contributed by atoms with E-state index in [0.717, 1.165) is 6.42 Å². The highest BCUT2D eigenvalue weighted by atomic mass is 16.4. The third-order valence-electron chi connectivity index (χ3n) is 7.81. The molecule has 13 heteroatoms. The average Bonchev–Trinajstić information content (AvgIpc) is 3.56. The zero-order chi connectivity index (χ0) is 27.8. The highest BCUT2D eigenvalue weighted by Crippen LogP contribution is 2.46. The van der Waals surface area contributed by atoms with Crippen LogP contribution < -0.4 is 16.0 Å². The molecule has 4 rings (SSSR count). The number of likely N-dealkylation sites (tertiary alicyclic amines) is 1. The molecule has 4 aliphatic rings. The molecule has 3 fully saturated rings. The van der Waals surface area contributed by atoms with E-state index in [4.69, 9.17) is 0 Å². The lowest BCUT2D eigenvalue weighted by Gasteiger charge is -2.40. The SMILES string of the molecule is CCN1C(=O)C2CCCN2C12CC(C(=O)O)N(C(=O)C(NC(=O)CNC(=O)C1=CN=CCN1)C(C)(C)C)C2. The molecular formula is C25H37N7O6. The highest BCUT2D eigenvalue weighted by Gasteiger charge is 2.64. The molecule has 4 atom stereocenters. The van der Waals surface area contributed by atoms with Crippen molar-refractivity contribution >= 4 is 35.8 Å². The molecular weight excluding hydrogens is 494 g/mol. The van der Waals surface area contributed by atoms with E-state index in [1.54, 1.807) is 31.9 Å². The molecule has 0 saturated carbocycles. The molecule has 4 unspecified atom stereocenters. The van der Waals surface area contributed by atoms with Gasteiger partial charge in [0.2, 0.25) is 17.7 Å². The predicted molar refractivity (Wildman–Crippen MR) is 137 cm³/mol. The molecule has 0 bridgehead atoms. The molecule has 4 heterocycles. The second-order valence-corrected chi connectivity index (χ2v) is 11.2. The van der Waals surface area contributed by atoms with E-state index < -0.39 is 46.9 Å². The molecule has 208 valence electrons. The van der Waals surface area contributed by atoms with Crippen molar-refractivity contribution in [1.29, 1.82) is 0 Å². The molecule has 4 amide bonds. The van der Waals surface area contributed by atoms with E-state index in [1.807, 2.05) is 6.92 Å². The van der Waals surface area contributed by atoms with Crippen molar-refractivity contribution in [2.75, 3.05) is 32.7 Å². The van der Waals surface area contributed by atoms with Crippen LogP contribution in [-0.4, -0.2) is 112 Å². The number of fused-ring (bicyclic) bond motifs is 2. The summed E-state index contributed by atoms with van der Waals surface area (Å²) in [5.74, 6) is -2.79. The largest absolute Gasteiger partial charge is 0.480 e. The maximum Gasteiger partial charge on any atom is 0.326 e. The fourth-order valence-electron chi connectivity index (χ4n) is 6.04. The Morgan fingerprint density at radius 3 is 2.63 bits per heavy atom. The van der Waals surface area contributed by atoms with Gasteiger partial charge in [-0.15, -0.1) is 0 Å². The first-order chi connectivity index (χ1) is 17.9. The minimum atomic E-state index is -1.15. The normalized spacial score (nSPS) is 27.7. The third-order valence-corrected chi connectivity index (χ3v) is 7.81. The van der Waals surface area contributed by atoms with Crippen LogP contribution in [0.15, 0.2) is 16.9 Å². The number of carbonyl (C=O) groups excluding carboxylic acids is 4. The molecule has 3 saturated heterocycles. The van der Waals surface area contributed by atoms with Crippen LogP contribution in [0, 0.1) is 5.41 Å². The zero-order valence-electron chi connectivity index (χ0n) is 22.3. The Morgan fingerprint density at radius 1 is 1.29 bits per heavy atom. The van der Waals surface area contributed by atoms with Crippen molar-refractivity contribution in [2.24, 2.45) is 10.4 Å². The Morgan fingerprint density at radius 2 is 2.03 bits per heavy atom. The Balaban J connectivity index is 1.52. The fraction of sp³-hybridized carbons (Fsp3) is 0.680. The molecule has 0 aromatic heterocycles. The number of amides is 4. The number of carboxylic acid groups (broad SMARTS) is 1. The van der Waals surface area contributed by atoms with Crippen molar-refractivity contribution in [2.45, 2.75) is 70.7 Å². The number of nitrogens with one attached hydrogen (secondary N) is 3. The quantitative estimate of drug-likeness (QED) is 0.320. The molecule has 38 heavy (non-hydrogen) atoms. The second kappa shape index (κ2) is 10.4. The van der Waals surface area contributed by atoms with Crippen LogP contribution in [0.4, 0.5) is 0 Å².